The molecule has 0 radical (unpaired) electrons. The molecule has 0 bridgehead atoms. The second-order valence-corrected chi connectivity index (χ2v) is 6.35. The normalized spacial score (nSPS) is 11.6. The number of hydrazone groups is 1. The van der Waals surface area contributed by atoms with Gasteiger partial charge in [0.2, 0.25) is 0 Å². The molecule has 8 heteroatoms. The van der Waals surface area contributed by atoms with Crippen LogP contribution in [0, 0.1) is 3.95 Å². The Balaban J connectivity index is 2.16. The minimum absolute atomic E-state index is 0.342. The molecule has 2 aromatic rings. The monoisotopic (exact) mass is 312 g/mol. The summed E-state index contributed by atoms with van der Waals surface area (Å²) in [5, 5.41) is 6.01. The first kappa shape index (κ1) is 13.9. The van der Waals surface area contributed by atoms with Gasteiger partial charge in [-0.15, -0.1) is 11.3 Å². The van der Waals surface area contributed by atoms with Crippen LogP contribution >= 0.6 is 34.9 Å². The smallest absolute Gasteiger partial charge is 0.285 e. The van der Waals surface area contributed by atoms with Crippen LogP contribution in [0.1, 0.15) is 21.5 Å². The number of anilines is 1. The first-order valence-corrected chi connectivity index (χ1v) is 7.45. The molecule has 3 N–H and O–H groups in total. The first-order chi connectivity index (χ1) is 9.00. The molecule has 0 saturated heterocycles. The zero-order valence-electron chi connectivity index (χ0n) is 10.3. The average Bonchev–Trinajstić information content (AvgIpc) is 3.00. The third kappa shape index (κ3) is 2.91. The number of hydrogen-bond acceptors (Lipinski definition) is 6. The second kappa shape index (κ2) is 5.64. The van der Waals surface area contributed by atoms with E-state index >= 15 is 0 Å². The van der Waals surface area contributed by atoms with Crippen LogP contribution in [0.25, 0.3) is 0 Å². The summed E-state index contributed by atoms with van der Waals surface area (Å²) in [6, 6.07) is 3.87. The standard InChI is InChI=1S/C11H12N4OS3/c1-6(7-4-3-5-18-7)13-14-10(16)8-9(12)15(2)11(17)19-8/h3-5H,12H2,1-2H3,(H,14,16)/b13-6+. The molecule has 0 spiro atoms. The number of nitrogens with one attached hydrogen (secondary N) is 1. The molecule has 100 valence electrons. The van der Waals surface area contributed by atoms with E-state index in [1.165, 1.54) is 11.3 Å². The largest absolute Gasteiger partial charge is 0.384 e. The molecule has 19 heavy (non-hydrogen) atoms. The van der Waals surface area contributed by atoms with Crippen LogP contribution in [-0.2, 0) is 7.05 Å². The number of nitrogen functional groups attached to an aromatic ring is 1. The number of carbonyl (C=O) groups excluding carboxylic acids is 1. The number of thiazole rings is 1. The zero-order valence-corrected chi connectivity index (χ0v) is 12.8. The molecule has 0 atom stereocenters. The lowest BCUT2D eigenvalue weighted by molar-refractivity contribution is 0.0959. The maximum Gasteiger partial charge on any atom is 0.285 e. The fourth-order valence-electron chi connectivity index (χ4n) is 1.35. The summed E-state index contributed by atoms with van der Waals surface area (Å²) in [5.74, 6) is 0.0154. The fraction of sp³-hybridized carbons (Fsp3) is 0.182. The molecule has 2 aromatic heterocycles. The SMILES string of the molecule is C/C(=N\NC(=O)c1sc(=S)n(C)c1N)c1cccs1. The predicted octanol–water partition coefficient (Wildman–Crippen LogP) is 2.61. The van der Waals surface area contributed by atoms with Crippen LogP contribution in [0.2, 0.25) is 0 Å². The summed E-state index contributed by atoms with van der Waals surface area (Å²) in [4.78, 5) is 13.4. The number of amides is 1. The Morgan fingerprint density at radius 1 is 1.58 bits per heavy atom. The summed E-state index contributed by atoms with van der Waals surface area (Å²) in [6.07, 6.45) is 0. The van der Waals surface area contributed by atoms with Crippen molar-refractivity contribution in [1.29, 1.82) is 0 Å². The molecule has 0 aliphatic heterocycles. The van der Waals surface area contributed by atoms with Crippen molar-refractivity contribution >= 4 is 52.3 Å². The van der Waals surface area contributed by atoms with Crippen molar-refractivity contribution in [2.45, 2.75) is 6.92 Å². The molecule has 5 nitrogen and oxygen atoms in total. The van der Waals surface area contributed by atoms with E-state index in [9.17, 15) is 4.79 Å². The Bertz CT molecular complexity index is 681. The fourth-order valence-corrected chi connectivity index (χ4v) is 3.16. The molecule has 0 aliphatic carbocycles. The maximum atomic E-state index is 12.0. The Hall–Kier alpha value is -1.51. The van der Waals surface area contributed by atoms with Gasteiger partial charge >= 0.3 is 0 Å². The van der Waals surface area contributed by atoms with E-state index < -0.39 is 0 Å². The summed E-state index contributed by atoms with van der Waals surface area (Å²) >= 11 is 7.80. The van der Waals surface area contributed by atoms with Gasteiger partial charge in [-0.3, -0.25) is 4.79 Å². The lowest BCUT2D eigenvalue weighted by Gasteiger charge is -2.01. The van der Waals surface area contributed by atoms with Crippen LogP contribution in [0.3, 0.4) is 0 Å². The topological polar surface area (TPSA) is 72.4 Å². The molecule has 0 unspecified atom stereocenters. The Morgan fingerprint density at radius 3 is 2.84 bits per heavy atom. The highest BCUT2D eigenvalue weighted by Gasteiger charge is 2.15. The molecule has 0 aromatic carbocycles. The van der Waals surface area contributed by atoms with Gasteiger partial charge in [0.05, 0.1) is 5.71 Å². The number of hydrogen-bond donors (Lipinski definition) is 2. The molecule has 0 saturated carbocycles. The molecule has 0 aliphatic rings. The van der Waals surface area contributed by atoms with Crippen molar-refractivity contribution in [3.8, 4) is 0 Å². The van der Waals surface area contributed by atoms with Gasteiger partial charge in [0, 0.05) is 11.9 Å². The van der Waals surface area contributed by atoms with Gasteiger partial charge in [0.25, 0.3) is 5.91 Å². The van der Waals surface area contributed by atoms with E-state index in [0.717, 1.165) is 10.6 Å². The number of aromatic nitrogens is 1. The average molecular weight is 312 g/mol. The van der Waals surface area contributed by atoms with Gasteiger partial charge in [-0.1, -0.05) is 17.4 Å². The van der Waals surface area contributed by atoms with Gasteiger partial charge in [-0.25, -0.2) is 5.43 Å². The first-order valence-electron chi connectivity index (χ1n) is 5.34. The van der Waals surface area contributed by atoms with Crippen molar-refractivity contribution < 1.29 is 4.79 Å². The van der Waals surface area contributed by atoms with Gasteiger partial charge in [0.1, 0.15) is 10.7 Å². The van der Waals surface area contributed by atoms with E-state index in [4.69, 9.17) is 18.0 Å². The minimum Gasteiger partial charge on any atom is -0.384 e. The van der Waals surface area contributed by atoms with E-state index in [1.807, 2.05) is 24.4 Å². The highest BCUT2D eigenvalue weighted by molar-refractivity contribution is 7.73. The Morgan fingerprint density at radius 2 is 2.32 bits per heavy atom. The van der Waals surface area contributed by atoms with E-state index in [-0.39, 0.29) is 5.91 Å². The third-order valence-corrected chi connectivity index (χ3v) is 5.02. The number of carbonyl (C=O) groups is 1. The van der Waals surface area contributed by atoms with E-state index in [0.29, 0.717) is 14.6 Å². The van der Waals surface area contributed by atoms with Gasteiger partial charge in [-0.2, -0.15) is 5.10 Å². The van der Waals surface area contributed by atoms with Crippen LogP contribution in [0.4, 0.5) is 5.82 Å². The van der Waals surface area contributed by atoms with Crippen molar-refractivity contribution in [3.05, 3.63) is 31.2 Å². The number of rotatable bonds is 3. The van der Waals surface area contributed by atoms with Crippen molar-refractivity contribution in [1.82, 2.24) is 9.99 Å². The summed E-state index contributed by atoms with van der Waals surface area (Å²) in [5.41, 5.74) is 9.05. The lowest BCUT2D eigenvalue weighted by atomic mass is 10.3. The van der Waals surface area contributed by atoms with E-state index in [1.54, 1.807) is 23.0 Å². The molecular weight excluding hydrogens is 300 g/mol. The number of thiophene rings is 1. The highest BCUT2D eigenvalue weighted by atomic mass is 32.1. The van der Waals surface area contributed by atoms with Crippen LogP contribution < -0.4 is 11.2 Å². The van der Waals surface area contributed by atoms with Crippen LogP contribution in [0.5, 0.6) is 0 Å². The van der Waals surface area contributed by atoms with Crippen molar-refractivity contribution in [2.75, 3.05) is 5.73 Å². The maximum absolute atomic E-state index is 12.0. The van der Waals surface area contributed by atoms with Gasteiger partial charge in [0.15, 0.2) is 3.95 Å². The molecule has 0 fully saturated rings. The summed E-state index contributed by atoms with van der Waals surface area (Å²) < 4.78 is 2.16. The third-order valence-electron chi connectivity index (χ3n) is 2.47. The van der Waals surface area contributed by atoms with Crippen molar-refractivity contribution in [2.24, 2.45) is 12.1 Å². The van der Waals surface area contributed by atoms with E-state index in [2.05, 4.69) is 10.5 Å². The highest BCUT2D eigenvalue weighted by Crippen LogP contribution is 2.20. The second-order valence-electron chi connectivity index (χ2n) is 3.76. The predicted molar refractivity (Wildman–Crippen MR) is 82.5 cm³/mol. The molecule has 2 rings (SSSR count). The van der Waals surface area contributed by atoms with Crippen LogP contribution in [0.15, 0.2) is 22.6 Å². The van der Waals surface area contributed by atoms with Gasteiger partial charge < -0.3 is 10.3 Å². The van der Waals surface area contributed by atoms with Gasteiger partial charge in [-0.05, 0) is 30.6 Å². The quantitative estimate of drug-likeness (QED) is 0.520. The Labute approximate surface area is 123 Å². The minimum atomic E-state index is -0.342. The zero-order chi connectivity index (χ0) is 14.0. The molecule has 2 heterocycles. The molecular formula is C11H12N4OS3. The van der Waals surface area contributed by atoms with Crippen molar-refractivity contribution in [3.63, 3.8) is 0 Å². The lowest BCUT2D eigenvalue weighted by Crippen LogP contribution is -2.19. The molecule has 1 amide bonds. The Kier molecular flexibility index (Phi) is 4.13. The number of nitrogens with zero attached hydrogens (tertiary/aromatic N) is 2. The number of nitrogens with two attached hydrogens (primary N) is 1. The van der Waals surface area contributed by atoms with Crippen LogP contribution in [-0.4, -0.2) is 16.2 Å². The summed E-state index contributed by atoms with van der Waals surface area (Å²) in [7, 11) is 1.73. The summed E-state index contributed by atoms with van der Waals surface area (Å²) in [6.45, 7) is 1.84.